The number of hydrogen-bond donors (Lipinski definition) is 5. The van der Waals surface area contributed by atoms with E-state index in [9.17, 15) is 33.6 Å². The van der Waals surface area contributed by atoms with Crippen molar-refractivity contribution in [1.29, 1.82) is 0 Å². The van der Waals surface area contributed by atoms with Crippen molar-refractivity contribution in [1.82, 2.24) is 9.62 Å². The number of ether oxygens (including phenoxy) is 1. The third kappa shape index (κ3) is 7.35. The molecule has 0 saturated heterocycles. The largest absolute Gasteiger partial charge is 0.504 e. The fourth-order valence-electron chi connectivity index (χ4n) is 4.21. The Balaban J connectivity index is 1.65. The fraction of sp³-hybridized carbons (Fsp3) is 0.207. The van der Waals surface area contributed by atoms with Gasteiger partial charge in [-0.3, -0.25) is 4.79 Å². The lowest BCUT2D eigenvalue weighted by Crippen LogP contribution is -2.50. The zero-order valence-corrected chi connectivity index (χ0v) is 23.7. The molecule has 0 saturated carbocycles. The van der Waals surface area contributed by atoms with E-state index in [0.717, 1.165) is 26.9 Å². The predicted octanol–water partition coefficient (Wildman–Crippen LogP) is 3.47. The first-order valence-corrected chi connectivity index (χ1v) is 14.8. The van der Waals surface area contributed by atoms with Crippen LogP contribution in [0.1, 0.15) is 20.8 Å². The van der Waals surface area contributed by atoms with Gasteiger partial charge in [-0.2, -0.15) is 4.31 Å². The molecule has 0 fully saturated rings. The molecule has 10 nitrogen and oxygen atoms in total. The molecule has 0 aliphatic carbocycles. The molecule has 12 heteroatoms. The lowest BCUT2D eigenvalue weighted by atomic mass is 10.00. The summed E-state index contributed by atoms with van der Waals surface area (Å²) in [7, 11) is -2.68. The molecule has 1 aromatic heterocycles. The van der Waals surface area contributed by atoms with E-state index in [4.69, 9.17) is 4.74 Å². The van der Waals surface area contributed by atoms with Crippen LogP contribution in [-0.2, 0) is 23.0 Å². The van der Waals surface area contributed by atoms with Crippen LogP contribution >= 0.6 is 11.3 Å². The van der Waals surface area contributed by atoms with Crippen LogP contribution in [0.4, 0.5) is 0 Å². The number of hydrogen-bond acceptors (Lipinski definition) is 9. The summed E-state index contributed by atoms with van der Waals surface area (Å²) in [6.45, 7) is -0.374. The minimum absolute atomic E-state index is 0.0139. The first-order valence-electron chi connectivity index (χ1n) is 12.5. The van der Waals surface area contributed by atoms with Gasteiger partial charge < -0.3 is 30.5 Å². The summed E-state index contributed by atoms with van der Waals surface area (Å²) in [6, 6.07) is 19.6. The number of carbonyl (C=O) groups is 1. The Labute approximate surface area is 241 Å². The molecule has 216 valence electrons. The van der Waals surface area contributed by atoms with Gasteiger partial charge in [-0.25, -0.2) is 8.42 Å². The van der Waals surface area contributed by atoms with E-state index in [1.807, 2.05) is 11.4 Å². The zero-order valence-electron chi connectivity index (χ0n) is 22.0. The van der Waals surface area contributed by atoms with Crippen molar-refractivity contribution >= 4 is 27.3 Å². The van der Waals surface area contributed by atoms with Crippen molar-refractivity contribution in [2.45, 2.75) is 30.0 Å². The Hall–Kier alpha value is -4.10. The number of amides is 1. The van der Waals surface area contributed by atoms with Gasteiger partial charge in [0.25, 0.3) is 5.91 Å². The number of phenolic OH excluding ortho intramolecular Hbond substituents is 3. The van der Waals surface area contributed by atoms with Crippen LogP contribution in [0.5, 0.6) is 23.0 Å². The summed E-state index contributed by atoms with van der Waals surface area (Å²) in [6.07, 6.45) is -1.23. The monoisotopic (exact) mass is 598 g/mol. The number of rotatable bonds is 12. The lowest BCUT2D eigenvalue weighted by molar-refractivity contribution is 0.0778. The molecular formula is C29H30N2O8S2. The Morgan fingerprint density at radius 3 is 2.32 bits per heavy atom. The van der Waals surface area contributed by atoms with Crippen LogP contribution < -0.4 is 10.1 Å². The number of sulfonamides is 1. The number of nitrogens with zero attached hydrogens (tertiary/aromatic N) is 1. The Morgan fingerprint density at radius 1 is 0.976 bits per heavy atom. The summed E-state index contributed by atoms with van der Waals surface area (Å²) < 4.78 is 33.9. The molecule has 2 atom stereocenters. The molecule has 0 aliphatic heterocycles. The van der Waals surface area contributed by atoms with E-state index in [1.165, 1.54) is 30.6 Å². The summed E-state index contributed by atoms with van der Waals surface area (Å²) >= 11 is 1.37. The van der Waals surface area contributed by atoms with Crippen molar-refractivity contribution in [2.24, 2.45) is 0 Å². The molecule has 0 aliphatic rings. The SMILES string of the molecule is COc1cccc(S(=O)(=O)N(Cc2cccs2)C[C@@H](O)[C@H](Cc2ccccc2)NC(=O)c2cc(O)c(O)c(O)c2)c1. The third-order valence-corrected chi connectivity index (χ3v) is 9.06. The van der Waals surface area contributed by atoms with Gasteiger partial charge in [0, 0.05) is 29.6 Å². The molecule has 1 amide bonds. The zero-order chi connectivity index (χ0) is 29.6. The topological polar surface area (TPSA) is 157 Å². The second-order valence-corrected chi connectivity index (χ2v) is 12.2. The Bertz CT molecular complexity index is 1550. The van der Waals surface area contributed by atoms with E-state index >= 15 is 0 Å². The Kier molecular flexibility index (Phi) is 9.50. The van der Waals surface area contributed by atoms with Gasteiger partial charge in [0.05, 0.1) is 24.2 Å². The average molecular weight is 599 g/mol. The maximum absolute atomic E-state index is 13.8. The first kappa shape index (κ1) is 29.9. The van der Waals surface area contributed by atoms with Crippen LogP contribution in [0.25, 0.3) is 0 Å². The number of nitrogens with one attached hydrogen (secondary N) is 1. The van der Waals surface area contributed by atoms with E-state index in [2.05, 4.69) is 5.32 Å². The number of thiophene rings is 1. The van der Waals surface area contributed by atoms with Crippen LogP contribution in [0.15, 0.2) is 89.1 Å². The standard InChI is InChI=1S/C29H30N2O8S2/c1-39-21-9-5-11-23(16-21)41(37,38)31(17-22-10-6-12-40-22)18-27(34)24(13-19-7-3-2-4-8-19)30-29(36)20-14-25(32)28(35)26(33)15-20/h2-12,14-16,24,27,32-35H,13,17-18H2,1H3,(H,30,36)/t24-,27+/m0/s1. The van der Waals surface area contributed by atoms with Gasteiger partial charge in [-0.1, -0.05) is 42.5 Å². The fourth-order valence-corrected chi connectivity index (χ4v) is 6.48. The van der Waals surface area contributed by atoms with Crippen molar-refractivity contribution in [3.05, 3.63) is 100 Å². The molecule has 1 heterocycles. The molecule has 4 aromatic rings. The quantitative estimate of drug-likeness (QED) is 0.155. The lowest BCUT2D eigenvalue weighted by Gasteiger charge is -2.30. The van der Waals surface area contributed by atoms with Crippen molar-refractivity contribution in [2.75, 3.05) is 13.7 Å². The van der Waals surface area contributed by atoms with Crippen molar-refractivity contribution < 1.29 is 38.4 Å². The molecule has 3 aromatic carbocycles. The Morgan fingerprint density at radius 2 is 1.68 bits per heavy atom. The minimum atomic E-state index is -4.11. The maximum Gasteiger partial charge on any atom is 0.251 e. The van der Waals surface area contributed by atoms with Crippen molar-refractivity contribution in [3.63, 3.8) is 0 Å². The number of aliphatic hydroxyl groups excluding tert-OH is 1. The molecular weight excluding hydrogens is 568 g/mol. The molecule has 5 N–H and O–H groups in total. The summed E-state index contributed by atoms with van der Waals surface area (Å²) in [4.78, 5) is 13.9. The van der Waals surface area contributed by atoms with E-state index in [0.29, 0.717) is 5.75 Å². The average Bonchev–Trinajstić information content (AvgIpc) is 3.48. The molecule has 41 heavy (non-hydrogen) atoms. The first-order chi connectivity index (χ1) is 19.6. The number of aromatic hydroxyl groups is 3. The van der Waals surface area contributed by atoms with Gasteiger partial charge in [0.1, 0.15) is 5.75 Å². The summed E-state index contributed by atoms with van der Waals surface area (Å²) in [5.74, 6) is -2.55. The minimum Gasteiger partial charge on any atom is -0.504 e. The molecule has 0 radical (unpaired) electrons. The number of benzene rings is 3. The van der Waals surface area contributed by atoms with Gasteiger partial charge in [-0.15, -0.1) is 11.3 Å². The van der Waals surface area contributed by atoms with E-state index < -0.39 is 45.3 Å². The smallest absolute Gasteiger partial charge is 0.251 e. The van der Waals surface area contributed by atoms with Gasteiger partial charge in [-0.05, 0) is 47.7 Å². The van der Waals surface area contributed by atoms with Crippen LogP contribution in [0, 0.1) is 0 Å². The highest BCUT2D eigenvalue weighted by molar-refractivity contribution is 7.89. The second kappa shape index (κ2) is 13.0. The van der Waals surface area contributed by atoms with E-state index in [-0.39, 0.29) is 30.0 Å². The van der Waals surface area contributed by atoms with Gasteiger partial charge in [0.15, 0.2) is 17.2 Å². The highest BCUT2D eigenvalue weighted by Crippen LogP contribution is 2.35. The molecule has 0 unspecified atom stereocenters. The summed E-state index contributed by atoms with van der Waals surface area (Å²) in [5, 5.41) is 45.3. The summed E-state index contributed by atoms with van der Waals surface area (Å²) in [5.41, 5.74) is 0.608. The van der Waals surface area contributed by atoms with Crippen LogP contribution in [-0.4, -0.2) is 64.9 Å². The number of phenols is 3. The number of methoxy groups -OCH3 is 1. The molecule has 4 rings (SSSR count). The second-order valence-electron chi connectivity index (χ2n) is 9.26. The van der Waals surface area contributed by atoms with Crippen LogP contribution in [0.3, 0.4) is 0 Å². The number of aliphatic hydroxyl groups is 1. The van der Waals surface area contributed by atoms with Gasteiger partial charge in [0.2, 0.25) is 10.0 Å². The normalized spacial score (nSPS) is 13.0. The van der Waals surface area contributed by atoms with Gasteiger partial charge >= 0.3 is 0 Å². The van der Waals surface area contributed by atoms with Crippen molar-refractivity contribution in [3.8, 4) is 23.0 Å². The predicted molar refractivity (Wildman–Crippen MR) is 154 cm³/mol. The molecule has 0 bridgehead atoms. The molecule has 0 spiro atoms. The maximum atomic E-state index is 13.8. The third-order valence-electron chi connectivity index (χ3n) is 6.39. The number of carbonyl (C=O) groups excluding carboxylic acids is 1. The van der Waals surface area contributed by atoms with Crippen LogP contribution in [0.2, 0.25) is 0 Å². The highest BCUT2D eigenvalue weighted by Gasteiger charge is 2.32. The highest BCUT2D eigenvalue weighted by atomic mass is 32.2. The van der Waals surface area contributed by atoms with E-state index in [1.54, 1.807) is 48.5 Å².